The van der Waals surface area contributed by atoms with Gasteiger partial charge in [-0.15, -0.1) is 0 Å². The summed E-state index contributed by atoms with van der Waals surface area (Å²) >= 11 is 0. The highest BCUT2D eigenvalue weighted by molar-refractivity contribution is 5.80. The molecule has 1 N–H and O–H groups in total. The first-order valence-corrected chi connectivity index (χ1v) is 8.38. The van der Waals surface area contributed by atoms with E-state index in [4.69, 9.17) is 14.2 Å². The number of rotatable bonds is 2. The Bertz CT molecular complexity index is 668. The van der Waals surface area contributed by atoms with Crippen LogP contribution in [0.15, 0.2) is 18.2 Å². The van der Waals surface area contributed by atoms with E-state index in [0.717, 1.165) is 32.1 Å². The van der Waals surface area contributed by atoms with E-state index >= 15 is 0 Å². The molecule has 4 bridgehead atoms. The zero-order valence-corrected chi connectivity index (χ0v) is 12.9. The molecule has 0 amide bonds. The average Bonchev–Trinajstić information content (AvgIpc) is 2.92. The number of esters is 1. The Kier molecular flexibility index (Phi) is 2.62. The number of ether oxygens (including phenoxy) is 3. The topological polar surface area (TPSA) is 65.0 Å². The van der Waals surface area contributed by atoms with Gasteiger partial charge in [0.25, 0.3) is 0 Å². The Labute approximate surface area is 134 Å². The van der Waals surface area contributed by atoms with Crippen molar-refractivity contribution < 1.29 is 24.1 Å². The fourth-order valence-corrected chi connectivity index (χ4v) is 5.61. The van der Waals surface area contributed by atoms with E-state index in [1.54, 1.807) is 18.2 Å². The van der Waals surface area contributed by atoms with E-state index in [-0.39, 0.29) is 12.8 Å². The van der Waals surface area contributed by atoms with Gasteiger partial charge in [0.15, 0.2) is 11.5 Å². The molecule has 5 heteroatoms. The maximum Gasteiger partial charge on any atom is 0.317 e. The molecule has 4 atom stereocenters. The minimum Gasteiger partial charge on any atom is -0.454 e. The zero-order chi connectivity index (χ0) is 15.7. The third kappa shape index (κ3) is 2.06. The second-order valence-corrected chi connectivity index (χ2v) is 7.87. The predicted molar refractivity (Wildman–Crippen MR) is 80.3 cm³/mol. The first kappa shape index (κ1) is 13.7. The van der Waals surface area contributed by atoms with Crippen molar-refractivity contribution in [3.63, 3.8) is 0 Å². The molecule has 4 fully saturated rings. The lowest BCUT2D eigenvalue weighted by atomic mass is 9.48. The minimum absolute atomic E-state index is 0.191. The quantitative estimate of drug-likeness (QED) is 0.671. The van der Waals surface area contributed by atoms with Gasteiger partial charge in [-0.05, 0) is 62.5 Å². The molecule has 2 unspecified atom stereocenters. The molecule has 1 aromatic rings. The summed E-state index contributed by atoms with van der Waals surface area (Å²) < 4.78 is 16.3. The largest absolute Gasteiger partial charge is 0.454 e. The SMILES string of the molecule is O=C(Oc1ccc2c(c1)OCO2)C12C[C@@H]3C[C@@H](CC(O)(C3)C1)C2. The maximum atomic E-state index is 12.9. The highest BCUT2D eigenvalue weighted by Gasteiger charge is 2.61. The Morgan fingerprint density at radius 1 is 1.13 bits per heavy atom. The smallest absolute Gasteiger partial charge is 0.317 e. The van der Waals surface area contributed by atoms with Gasteiger partial charge in [-0.2, -0.15) is 0 Å². The van der Waals surface area contributed by atoms with Crippen molar-refractivity contribution in [2.75, 3.05) is 6.79 Å². The van der Waals surface area contributed by atoms with Crippen LogP contribution in [-0.2, 0) is 4.79 Å². The van der Waals surface area contributed by atoms with Crippen molar-refractivity contribution in [1.29, 1.82) is 0 Å². The van der Waals surface area contributed by atoms with Gasteiger partial charge < -0.3 is 19.3 Å². The minimum atomic E-state index is -0.655. The molecular formula is C18H20O5. The standard InChI is InChI=1S/C18H20O5/c19-16(23-13-1-2-14-15(4-13)22-10-21-14)17-5-11-3-12(6-17)8-18(20,7-11)9-17/h1-2,4,11-12,20H,3,5-10H2/t11-,12+,17?,18?. The van der Waals surface area contributed by atoms with Gasteiger partial charge in [-0.25, -0.2) is 0 Å². The van der Waals surface area contributed by atoms with Gasteiger partial charge in [0.1, 0.15) is 5.75 Å². The predicted octanol–water partition coefficient (Wildman–Crippen LogP) is 2.65. The van der Waals surface area contributed by atoms with Crippen molar-refractivity contribution in [3.05, 3.63) is 18.2 Å². The van der Waals surface area contributed by atoms with E-state index in [1.807, 2.05) is 0 Å². The summed E-state index contributed by atoms with van der Waals surface area (Å²) in [4.78, 5) is 12.9. The average molecular weight is 316 g/mol. The lowest BCUT2D eigenvalue weighted by molar-refractivity contribution is -0.188. The second kappa shape index (κ2) is 4.41. The van der Waals surface area contributed by atoms with Crippen molar-refractivity contribution in [2.24, 2.45) is 17.3 Å². The maximum absolute atomic E-state index is 12.9. The summed E-state index contributed by atoms with van der Waals surface area (Å²) in [6.07, 6.45) is 5.12. The molecule has 5 aliphatic rings. The Morgan fingerprint density at radius 3 is 2.61 bits per heavy atom. The molecule has 4 aliphatic carbocycles. The number of benzene rings is 1. The van der Waals surface area contributed by atoms with Crippen LogP contribution in [0.1, 0.15) is 38.5 Å². The molecule has 0 radical (unpaired) electrons. The fraction of sp³-hybridized carbons (Fsp3) is 0.611. The van der Waals surface area contributed by atoms with Gasteiger partial charge in [-0.1, -0.05) is 0 Å². The number of fused-ring (bicyclic) bond motifs is 1. The molecule has 0 aromatic heterocycles. The fourth-order valence-electron chi connectivity index (χ4n) is 5.61. The summed E-state index contributed by atoms with van der Waals surface area (Å²) in [5.41, 5.74) is -1.16. The molecule has 122 valence electrons. The van der Waals surface area contributed by atoms with Crippen LogP contribution in [0.4, 0.5) is 0 Å². The van der Waals surface area contributed by atoms with Gasteiger partial charge in [0.05, 0.1) is 11.0 Å². The Hall–Kier alpha value is -1.75. The number of aliphatic hydroxyl groups is 1. The van der Waals surface area contributed by atoms with E-state index in [9.17, 15) is 9.90 Å². The van der Waals surface area contributed by atoms with E-state index in [2.05, 4.69) is 0 Å². The summed E-state index contributed by atoms with van der Waals surface area (Å²) in [6.45, 7) is 0.201. The van der Waals surface area contributed by atoms with Crippen LogP contribution in [-0.4, -0.2) is 23.5 Å². The Balaban J connectivity index is 1.40. The van der Waals surface area contributed by atoms with Crippen molar-refractivity contribution in [2.45, 2.75) is 44.1 Å². The highest BCUT2D eigenvalue weighted by Crippen LogP contribution is 2.62. The van der Waals surface area contributed by atoms with Gasteiger partial charge in [-0.3, -0.25) is 4.79 Å². The normalized spacial score (nSPS) is 39.5. The summed E-state index contributed by atoms with van der Waals surface area (Å²) in [6, 6.07) is 5.20. The molecule has 1 aliphatic heterocycles. The molecule has 1 heterocycles. The van der Waals surface area contributed by atoms with Gasteiger partial charge in [0, 0.05) is 6.07 Å². The van der Waals surface area contributed by atoms with Crippen molar-refractivity contribution in [1.82, 2.24) is 0 Å². The molecule has 0 saturated heterocycles. The molecule has 4 saturated carbocycles. The first-order chi connectivity index (χ1) is 11.0. The van der Waals surface area contributed by atoms with Gasteiger partial charge in [0.2, 0.25) is 6.79 Å². The van der Waals surface area contributed by atoms with Crippen LogP contribution in [0.5, 0.6) is 17.2 Å². The molecule has 6 rings (SSSR count). The van der Waals surface area contributed by atoms with Crippen LogP contribution in [0.2, 0.25) is 0 Å². The summed E-state index contributed by atoms with van der Waals surface area (Å²) in [5.74, 6) is 2.51. The van der Waals surface area contributed by atoms with E-state index < -0.39 is 11.0 Å². The van der Waals surface area contributed by atoms with Crippen LogP contribution >= 0.6 is 0 Å². The van der Waals surface area contributed by atoms with Crippen molar-refractivity contribution >= 4 is 5.97 Å². The number of hydrogen-bond acceptors (Lipinski definition) is 5. The lowest BCUT2D eigenvalue weighted by Crippen LogP contribution is -2.59. The number of hydrogen-bond donors (Lipinski definition) is 1. The second-order valence-electron chi connectivity index (χ2n) is 7.87. The lowest BCUT2D eigenvalue weighted by Gasteiger charge is -2.58. The van der Waals surface area contributed by atoms with E-state index in [0.29, 0.717) is 35.5 Å². The highest BCUT2D eigenvalue weighted by atomic mass is 16.7. The van der Waals surface area contributed by atoms with Crippen LogP contribution in [0.3, 0.4) is 0 Å². The molecule has 5 nitrogen and oxygen atoms in total. The zero-order valence-electron chi connectivity index (χ0n) is 12.9. The van der Waals surface area contributed by atoms with Crippen LogP contribution in [0.25, 0.3) is 0 Å². The monoisotopic (exact) mass is 316 g/mol. The molecular weight excluding hydrogens is 296 g/mol. The van der Waals surface area contributed by atoms with Crippen LogP contribution < -0.4 is 14.2 Å². The number of carbonyl (C=O) groups excluding carboxylic acids is 1. The molecule has 23 heavy (non-hydrogen) atoms. The molecule has 1 aromatic carbocycles. The van der Waals surface area contributed by atoms with Crippen LogP contribution in [0, 0.1) is 17.3 Å². The van der Waals surface area contributed by atoms with Gasteiger partial charge >= 0.3 is 5.97 Å². The first-order valence-electron chi connectivity index (χ1n) is 8.38. The third-order valence-corrected chi connectivity index (χ3v) is 6.02. The van der Waals surface area contributed by atoms with Crippen molar-refractivity contribution in [3.8, 4) is 17.2 Å². The Morgan fingerprint density at radius 2 is 1.87 bits per heavy atom. The third-order valence-electron chi connectivity index (χ3n) is 6.02. The summed E-state index contributed by atoms with van der Waals surface area (Å²) in [5, 5.41) is 10.8. The molecule has 0 spiro atoms. The van der Waals surface area contributed by atoms with E-state index in [1.165, 1.54) is 0 Å². The summed E-state index contributed by atoms with van der Waals surface area (Å²) in [7, 11) is 0. The number of carbonyl (C=O) groups is 1.